The third kappa shape index (κ3) is 2.68. The molecule has 2 aromatic rings. The van der Waals surface area contributed by atoms with Crippen LogP contribution in [0.2, 0.25) is 0 Å². The molecule has 1 aromatic carbocycles. The number of hydrogen-bond donors (Lipinski definition) is 1. The second kappa shape index (κ2) is 4.98. The van der Waals surface area contributed by atoms with Crippen molar-refractivity contribution in [3.8, 4) is 11.5 Å². The second-order valence-corrected chi connectivity index (χ2v) is 5.77. The predicted molar refractivity (Wildman–Crippen MR) is 83.5 cm³/mol. The highest BCUT2D eigenvalue weighted by Gasteiger charge is 2.29. The van der Waals surface area contributed by atoms with Gasteiger partial charge in [-0.2, -0.15) is 0 Å². The third-order valence-corrected chi connectivity index (χ3v) is 3.47. The van der Waals surface area contributed by atoms with Gasteiger partial charge in [-0.3, -0.25) is 19.5 Å². The molecule has 0 saturated heterocycles. The first kappa shape index (κ1) is 14.8. The highest BCUT2D eigenvalue weighted by atomic mass is 16.6. The Hall–Kier alpha value is -3.09. The van der Waals surface area contributed by atoms with E-state index in [1.54, 1.807) is 6.08 Å². The molecular formula is C16H14N2O5. The van der Waals surface area contributed by atoms with Gasteiger partial charge in [-0.25, -0.2) is 0 Å². The van der Waals surface area contributed by atoms with Crippen LogP contribution in [0.5, 0.6) is 11.5 Å². The molecule has 0 aliphatic carbocycles. The Morgan fingerprint density at radius 3 is 2.65 bits per heavy atom. The van der Waals surface area contributed by atoms with Crippen molar-refractivity contribution in [2.45, 2.75) is 19.4 Å². The number of pyridine rings is 1. The maximum absolute atomic E-state index is 12.2. The van der Waals surface area contributed by atoms with E-state index in [1.165, 1.54) is 35.0 Å². The fourth-order valence-electron chi connectivity index (χ4n) is 2.51. The van der Waals surface area contributed by atoms with Crippen molar-refractivity contribution in [1.29, 1.82) is 0 Å². The quantitative estimate of drug-likeness (QED) is 0.679. The molecule has 7 heteroatoms. The van der Waals surface area contributed by atoms with Gasteiger partial charge in [0.15, 0.2) is 0 Å². The van der Waals surface area contributed by atoms with Crippen molar-refractivity contribution < 1.29 is 14.8 Å². The summed E-state index contributed by atoms with van der Waals surface area (Å²) < 4.78 is 7.13. The first-order valence-corrected chi connectivity index (χ1v) is 6.89. The number of aromatic hydroxyl groups is 1. The minimum atomic E-state index is -0.685. The summed E-state index contributed by atoms with van der Waals surface area (Å²) in [7, 11) is 0. The third-order valence-electron chi connectivity index (χ3n) is 3.47. The van der Waals surface area contributed by atoms with Crippen molar-refractivity contribution >= 4 is 11.4 Å². The minimum absolute atomic E-state index is 0.0928. The molecule has 0 amide bonds. The number of aromatic nitrogens is 1. The maximum atomic E-state index is 12.2. The summed E-state index contributed by atoms with van der Waals surface area (Å²) in [5.41, 5.74) is -0.289. The molecule has 0 atom stereocenters. The molecule has 0 unspecified atom stereocenters. The molecule has 118 valence electrons. The van der Waals surface area contributed by atoms with E-state index in [2.05, 4.69) is 0 Å². The first-order chi connectivity index (χ1) is 10.8. The SMILES string of the molecule is CC1(C)C=C(n2ccc(O)cc2=O)c2cc([N+](=O)[O-])ccc2O1. The van der Waals surface area contributed by atoms with Gasteiger partial charge in [0.05, 0.1) is 10.6 Å². The van der Waals surface area contributed by atoms with Crippen molar-refractivity contribution in [1.82, 2.24) is 4.57 Å². The Morgan fingerprint density at radius 2 is 2.00 bits per heavy atom. The van der Waals surface area contributed by atoms with Gasteiger partial charge < -0.3 is 9.84 Å². The van der Waals surface area contributed by atoms with Crippen LogP contribution in [-0.4, -0.2) is 20.2 Å². The van der Waals surface area contributed by atoms with Crippen LogP contribution in [0.25, 0.3) is 5.70 Å². The van der Waals surface area contributed by atoms with Crippen molar-refractivity contribution in [2.75, 3.05) is 0 Å². The molecule has 2 heterocycles. The Labute approximate surface area is 131 Å². The molecule has 0 saturated carbocycles. The average molecular weight is 314 g/mol. The lowest BCUT2D eigenvalue weighted by molar-refractivity contribution is -0.384. The van der Waals surface area contributed by atoms with E-state index in [-0.39, 0.29) is 11.4 Å². The summed E-state index contributed by atoms with van der Waals surface area (Å²) in [5, 5.41) is 20.4. The number of rotatable bonds is 2. The second-order valence-electron chi connectivity index (χ2n) is 5.77. The van der Waals surface area contributed by atoms with Gasteiger partial charge in [0, 0.05) is 30.0 Å². The van der Waals surface area contributed by atoms with Crippen LogP contribution >= 0.6 is 0 Å². The van der Waals surface area contributed by atoms with Gasteiger partial charge in [-0.1, -0.05) is 0 Å². The van der Waals surface area contributed by atoms with Gasteiger partial charge in [0.1, 0.15) is 17.1 Å². The normalized spacial score (nSPS) is 15.3. The zero-order valence-electron chi connectivity index (χ0n) is 12.5. The standard InChI is InChI=1S/C16H14N2O5/c1-16(2)9-13(17-6-5-11(19)8-15(17)20)12-7-10(18(21)22)3-4-14(12)23-16/h3-9,19H,1-2H3. The number of hydrogen-bond acceptors (Lipinski definition) is 5. The van der Waals surface area contributed by atoms with Crippen LogP contribution in [-0.2, 0) is 0 Å². The molecule has 7 nitrogen and oxygen atoms in total. The molecule has 1 aliphatic rings. The van der Waals surface area contributed by atoms with E-state index in [9.17, 15) is 20.0 Å². The molecule has 3 rings (SSSR count). The Balaban J connectivity index is 2.26. The van der Waals surface area contributed by atoms with E-state index < -0.39 is 16.1 Å². The lowest BCUT2D eigenvalue weighted by atomic mass is 9.98. The first-order valence-electron chi connectivity index (χ1n) is 6.89. The fourth-order valence-corrected chi connectivity index (χ4v) is 2.51. The van der Waals surface area contributed by atoms with Crippen molar-refractivity contribution in [3.05, 3.63) is 68.6 Å². The van der Waals surface area contributed by atoms with Gasteiger partial charge in [-0.15, -0.1) is 0 Å². The Bertz CT molecular complexity index is 896. The van der Waals surface area contributed by atoms with Crippen LogP contribution in [0.1, 0.15) is 19.4 Å². The zero-order chi connectivity index (χ0) is 16.8. The van der Waals surface area contributed by atoms with Crippen LogP contribution in [0, 0.1) is 10.1 Å². The smallest absolute Gasteiger partial charge is 0.270 e. The zero-order valence-corrected chi connectivity index (χ0v) is 12.5. The number of nitrogens with zero attached hydrogens (tertiary/aromatic N) is 2. The van der Waals surface area contributed by atoms with Crippen LogP contribution < -0.4 is 10.3 Å². The van der Waals surface area contributed by atoms with Gasteiger partial charge in [0.25, 0.3) is 11.2 Å². The predicted octanol–water partition coefficient (Wildman–Crippen LogP) is 2.52. The number of nitro groups is 1. The van der Waals surface area contributed by atoms with Gasteiger partial charge in [0.2, 0.25) is 0 Å². The molecule has 1 aromatic heterocycles. The number of non-ortho nitro benzene ring substituents is 1. The summed E-state index contributed by atoms with van der Waals surface area (Å²) in [6.45, 7) is 3.64. The molecule has 0 spiro atoms. The largest absolute Gasteiger partial charge is 0.508 e. The maximum Gasteiger partial charge on any atom is 0.270 e. The highest BCUT2D eigenvalue weighted by molar-refractivity contribution is 5.75. The summed E-state index contributed by atoms with van der Waals surface area (Å²) >= 11 is 0. The fraction of sp³-hybridized carbons (Fsp3) is 0.188. The monoisotopic (exact) mass is 314 g/mol. The van der Waals surface area contributed by atoms with Crippen LogP contribution in [0.4, 0.5) is 5.69 Å². The summed E-state index contributed by atoms with van der Waals surface area (Å²) in [6.07, 6.45) is 3.14. The molecule has 0 bridgehead atoms. The summed E-state index contributed by atoms with van der Waals surface area (Å²) in [6, 6.07) is 6.71. The lowest BCUT2D eigenvalue weighted by Crippen LogP contribution is -2.32. The van der Waals surface area contributed by atoms with Gasteiger partial charge >= 0.3 is 0 Å². The van der Waals surface area contributed by atoms with Gasteiger partial charge in [-0.05, 0) is 32.1 Å². The molecular weight excluding hydrogens is 300 g/mol. The Kier molecular flexibility index (Phi) is 3.21. The van der Waals surface area contributed by atoms with E-state index >= 15 is 0 Å². The van der Waals surface area contributed by atoms with E-state index in [1.807, 2.05) is 13.8 Å². The lowest BCUT2D eigenvalue weighted by Gasteiger charge is -2.31. The minimum Gasteiger partial charge on any atom is -0.508 e. The molecule has 0 fully saturated rings. The van der Waals surface area contributed by atoms with Crippen LogP contribution in [0.3, 0.4) is 0 Å². The summed E-state index contributed by atoms with van der Waals surface area (Å²) in [4.78, 5) is 22.7. The van der Waals surface area contributed by atoms with E-state index in [4.69, 9.17) is 4.74 Å². The molecule has 0 radical (unpaired) electrons. The van der Waals surface area contributed by atoms with Crippen molar-refractivity contribution in [2.24, 2.45) is 0 Å². The highest BCUT2D eigenvalue weighted by Crippen LogP contribution is 2.38. The van der Waals surface area contributed by atoms with E-state index in [0.29, 0.717) is 17.0 Å². The number of fused-ring (bicyclic) bond motifs is 1. The Morgan fingerprint density at radius 1 is 1.26 bits per heavy atom. The number of ether oxygens (including phenoxy) is 1. The number of benzene rings is 1. The van der Waals surface area contributed by atoms with Crippen molar-refractivity contribution in [3.63, 3.8) is 0 Å². The topological polar surface area (TPSA) is 94.6 Å². The summed E-state index contributed by atoms with van der Waals surface area (Å²) in [5.74, 6) is 0.315. The van der Waals surface area contributed by atoms with Crippen LogP contribution in [0.15, 0.2) is 47.4 Å². The molecule has 1 aliphatic heterocycles. The molecule has 23 heavy (non-hydrogen) atoms. The average Bonchev–Trinajstić information content (AvgIpc) is 2.45. The number of nitro benzene ring substituents is 1. The van der Waals surface area contributed by atoms with E-state index in [0.717, 1.165) is 6.07 Å². The molecule has 1 N–H and O–H groups in total.